The van der Waals surface area contributed by atoms with Gasteiger partial charge in [-0.05, 0) is 49.0 Å². The summed E-state index contributed by atoms with van der Waals surface area (Å²) < 4.78 is 0. The number of urea groups is 1. The number of nitriles is 1. The predicted molar refractivity (Wildman–Crippen MR) is 119 cm³/mol. The first-order valence-electron chi connectivity index (χ1n) is 11.2. The SMILES string of the molecule is CCC(C)(C)[C@H]1CCc2c(sc(NC(=O)CN3C(=O)NC4(CCCC4)C3=O)c2C#N)C1. The highest BCUT2D eigenvalue weighted by Crippen LogP contribution is 2.45. The lowest BCUT2D eigenvalue weighted by molar-refractivity contribution is -0.133. The lowest BCUT2D eigenvalue weighted by Crippen LogP contribution is -2.44. The molecule has 1 saturated heterocycles. The molecule has 2 aliphatic carbocycles. The van der Waals surface area contributed by atoms with Crippen molar-refractivity contribution >= 4 is 34.2 Å². The van der Waals surface area contributed by atoms with E-state index in [4.69, 9.17) is 0 Å². The largest absolute Gasteiger partial charge is 0.325 e. The van der Waals surface area contributed by atoms with E-state index < -0.39 is 17.5 Å². The molecule has 7 nitrogen and oxygen atoms in total. The summed E-state index contributed by atoms with van der Waals surface area (Å²) in [7, 11) is 0. The second-order valence-electron chi connectivity index (χ2n) is 9.76. The first-order valence-corrected chi connectivity index (χ1v) is 12.0. The van der Waals surface area contributed by atoms with Gasteiger partial charge in [0, 0.05) is 4.88 Å². The molecule has 1 saturated carbocycles. The molecular formula is C23H30N4O3S. The molecule has 4 amide bonds. The van der Waals surface area contributed by atoms with E-state index in [-0.39, 0.29) is 17.9 Å². The number of imide groups is 1. The number of hydrogen-bond donors (Lipinski definition) is 2. The zero-order valence-electron chi connectivity index (χ0n) is 18.5. The van der Waals surface area contributed by atoms with Crippen LogP contribution >= 0.6 is 11.3 Å². The summed E-state index contributed by atoms with van der Waals surface area (Å²) in [6, 6.07) is 1.76. The molecule has 166 valence electrons. The minimum Gasteiger partial charge on any atom is -0.323 e. The highest BCUT2D eigenvalue weighted by atomic mass is 32.1. The smallest absolute Gasteiger partial charge is 0.323 e. The molecule has 1 atom stereocenters. The quantitative estimate of drug-likeness (QED) is 0.674. The second-order valence-corrected chi connectivity index (χ2v) is 10.9. The van der Waals surface area contributed by atoms with E-state index in [0.717, 1.165) is 49.0 Å². The van der Waals surface area contributed by atoms with Crippen molar-refractivity contribution < 1.29 is 14.4 Å². The van der Waals surface area contributed by atoms with Crippen LogP contribution in [0.4, 0.5) is 9.80 Å². The highest BCUT2D eigenvalue weighted by molar-refractivity contribution is 7.16. The monoisotopic (exact) mass is 442 g/mol. The Bertz CT molecular complexity index is 968. The van der Waals surface area contributed by atoms with Gasteiger partial charge in [-0.2, -0.15) is 5.26 Å². The molecule has 4 rings (SSSR count). The molecular weight excluding hydrogens is 412 g/mol. The van der Waals surface area contributed by atoms with Crippen molar-refractivity contribution in [2.75, 3.05) is 11.9 Å². The maximum atomic E-state index is 12.8. The molecule has 0 bridgehead atoms. The van der Waals surface area contributed by atoms with E-state index in [1.807, 2.05) is 0 Å². The van der Waals surface area contributed by atoms with Gasteiger partial charge >= 0.3 is 6.03 Å². The van der Waals surface area contributed by atoms with Gasteiger partial charge in [-0.1, -0.05) is 40.0 Å². The fourth-order valence-electron chi connectivity index (χ4n) is 5.19. The molecule has 2 fully saturated rings. The summed E-state index contributed by atoms with van der Waals surface area (Å²) in [4.78, 5) is 40.0. The number of fused-ring (bicyclic) bond motifs is 1. The Kier molecular flexibility index (Phi) is 5.59. The molecule has 1 aromatic heterocycles. The standard InChI is InChI=1S/C23H30N4O3S/c1-4-22(2,3)14-7-8-15-16(12-24)19(31-17(15)11-14)25-18(28)13-27-20(29)23(26-21(27)30)9-5-6-10-23/h14H,4-11,13H2,1-3H3,(H,25,28)(H,26,30)/t14-/m0/s1. The molecule has 31 heavy (non-hydrogen) atoms. The summed E-state index contributed by atoms with van der Waals surface area (Å²) in [5.74, 6) is -0.202. The Morgan fingerprint density at radius 3 is 2.71 bits per heavy atom. The first-order chi connectivity index (χ1) is 14.7. The number of amides is 4. The Labute approximate surface area is 187 Å². The van der Waals surface area contributed by atoms with Crippen LogP contribution < -0.4 is 10.6 Å². The maximum absolute atomic E-state index is 12.8. The zero-order chi connectivity index (χ0) is 22.4. The first kappa shape index (κ1) is 21.8. The normalized spacial score (nSPS) is 22.4. The van der Waals surface area contributed by atoms with E-state index in [1.165, 1.54) is 16.2 Å². The summed E-state index contributed by atoms with van der Waals surface area (Å²) >= 11 is 1.47. The van der Waals surface area contributed by atoms with Crippen molar-refractivity contribution in [3.8, 4) is 6.07 Å². The van der Waals surface area contributed by atoms with E-state index >= 15 is 0 Å². The number of anilines is 1. The zero-order valence-corrected chi connectivity index (χ0v) is 19.3. The van der Waals surface area contributed by atoms with Crippen molar-refractivity contribution in [1.82, 2.24) is 10.2 Å². The van der Waals surface area contributed by atoms with Crippen LogP contribution in [0.15, 0.2) is 0 Å². The summed E-state index contributed by atoms with van der Waals surface area (Å²) in [5.41, 5.74) is 0.993. The van der Waals surface area contributed by atoms with Gasteiger partial charge in [0.15, 0.2) is 0 Å². The molecule has 1 aromatic rings. The molecule has 0 radical (unpaired) electrons. The van der Waals surface area contributed by atoms with E-state index in [0.29, 0.717) is 29.3 Å². The van der Waals surface area contributed by atoms with Gasteiger partial charge in [0.05, 0.1) is 5.56 Å². The summed E-state index contributed by atoms with van der Waals surface area (Å²) in [6.07, 6.45) is 6.94. The molecule has 1 spiro atoms. The second kappa shape index (κ2) is 7.94. The Morgan fingerprint density at radius 1 is 1.35 bits per heavy atom. The average Bonchev–Trinajstić information content (AvgIpc) is 3.40. The third kappa shape index (κ3) is 3.73. The number of rotatable bonds is 5. The third-order valence-corrected chi connectivity index (χ3v) is 8.82. The molecule has 0 unspecified atom stereocenters. The fourth-order valence-corrected chi connectivity index (χ4v) is 6.49. The third-order valence-electron chi connectivity index (χ3n) is 7.65. The van der Waals surface area contributed by atoms with Crippen molar-refractivity contribution in [2.45, 2.75) is 77.7 Å². The van der Waals surface area contributed by atoms with Crippen LogP contribution in [0.5, 0.6) is 0 Å². The van der Waals surface area contributed by atoms with Gasteiger partial charge in [-0.25, -0.2) is 4.79 Å². The predicted octanol–water partition coefficient (Wildman–Crippen LogP) is 3.96. The van der Waals surface area contributed by atoms with Crippen molar-refractivity contribution in [1.29, 1.82) is 5.26 Å². The molecule has 0 aromatic carbocycles. The molecule has 3 aliphatic rings. The van der Waals surface area contributed by atoms with Crippen LogP contribution in [0, 0.1) is 22.7 Å². The van der Waals surface area contributed by atoms with E-state index in [9.17, 15) is 19.6 Å². The van der Waals surface area contributed by atoms with Gasteiger partial charge in [-0.15, -0.1) is 11.3 Å². The molecule has 2 N–H and O–H groups in total. The van der Waals surface area contributed by atoms with E-state index in [2.05, 4.69) is 37.5 Å². The van der Waals surface area contributed by atoms with Crippen LogP contribution in [-0.4, -0.2) is 34.8 Å². The Hall–Kier alpha value is -2.40. The summed E-state index contributed by atoms with van der Waals surface area (Å²) in [5, 5.41) is 15.9. The number of thiophene rings is 1. The van der Waals surface area contributed by atoms with Gasteiger partial charge < -0.3 is 10.6 Å². The van der Waals surface area contributed by atoms with Crippen LogP contribution in [0.25, 0.3) is 0 Å². The highest BCUT2D eigenvalue weighted by Gasteiger charge is 2.52. The van der Waals surface area contributed by atoms with Gasteiger partial charge in [-0.3, -0.25) is 14.5 Å². The number of nitrogens with one attached hydrogen (secondary N) is 2. The van der Waals surface area contributed by atoms with Crippen LogP contribution in [-0.2, 0) is 22.4 Å². The summed E-state index contributed by atoms with van der Waals surface area (Å²) in [6.45, 7) is 6.46. The minimum atomic E-state index is -0.821. The Morgan fingerprint density at radius 2 is 2.06 bits per heavy atom. The van der Waals surface area contributed by atoms with Crippen LogP contribution in [0.1, 0.15) is 75.3 Å². The lowest BCUT2D eigenvalue weighted by Gasteiger charge is -2.36. The lowest BCUT2D eigenvalue weighted by atomic mass is 9.69. The minimum absolute atomic E-state index is 0.234. The van der Waals surface area contributed by atoms with Crippen LogP contribution in [0.2, 0.25) is 0 Å². The number of hydrogen-bond acceptors (Lipinski definition) is 5. The van der Waals surface area contributed by atoms with Crippen LogP contribution in [0.3, 0.4) is 0 Å². The number of nitrogens with zero attached hydrogens (tertiary/aromatic N) is 2. The van der Waals surface area contributed by atoms with Crippen molar-refractivity contribution in [2.24, 2.45) is 11.3 Å². The Balaban J connectivity index is 1.48. The van der Waals surface area contributed by atoms with Crippen molar-refractivity contribution in [3.05, 3.63) is 16.0 Å². The van der Waals surface area contributed by atoms with Gasteiger partial charge in [0.1, 0.15) is 23.2 Å². The molecule has 8 heteroatoms. The molecule has 2 heterocycles. The molecule has 1 aliphatic heterocycles. The maximum Gasteiger partial charge on any atom is 0.325 e. The number of carbonyl (C=O) groups is 3. The fraction of sp³-hybridized carbons (Fsp3) is 0.652. The van der Waals surface area contributed by atoms with Gasteiger partial charge in [0.25, 0.3) is 5.91 Å². The van der Waals surface area contributed by atoms with Gasteiger partial charge in [0.2, 0.25) is 5.91 Å². The topological polar surface area (TPSA) is 102 Å². The van der Waals surface area contributed by atoms with Crippen molar-refractivity contribution in [3.63, 3.8) is 0 Å². The average molecular weight is 443 g/mol. The number of carbonyl (C=O) groups excluding carboxylic acids is 3. The van der Waals surface area contributed by atoms with E-state index in [1.54, 1.807) is 0 Å².